The summed E-state index contributed by atoms with van der Waals surface area (Å²) in [7, 11) is -1.10. The van der Waals surface area contributed by atoms with E-state index in [1.54, 1.807) is 37.4 Å². The minimum atomic E-state index is -1.10. The quantitative estimate of drug-likeness (QED) is 0.475. The van der Waals surface area contributed by atoms with Crippen LogP contribution in [-0.4, -0.2) is 43.7 Å². The SMILES string of the molecule is C[C@@H](c1ccc(-c2cncc(S(C)=O)c2)cc1)N1CC[C@](CC(C)(C)O)(c2ccccc2)OC1=O. The number of rotatable bonds is 7. The van der Waals surface area contributed by atoms with Crippen LogP contribution in [0.1, 0.15) is 50.8 Å². The number of cyclic esters (lactones) is 1. The number of aromatic nitrogens is 1. The van der Waals surface area contributed by atoms with Crippen LogP contribution in [0.2, 0.25) is 0 Å². The fourth-order valence-corrected chi connectivity index (χ4v) is 5.26. The summed E-state index contributed by atoms with van der Waals surface area (Å²) in [5.41, 5.74) is 1.90. The molecule has 3 aromatic rings. The van der Waals surface area contributed by atoms with Crippen molar-refractivity contribution in [1.82, 2.24) is 9.88 Å². The first-order valence-corrected chi connectivity index (χ1v) is 13.3. The van der Waals surface area contributed by atoms with Gasteiger partial charge in [-0.05, 0) is 43.5 Å². The highest BCUT2D eigenvalue weighted by Crippen LogP contribution is 2.42. The zero-order valence-electron chi connectivity index (χ0n) is 20.6. The smallest absolute Gasteiger partial charge is 0.411 e. The van der Waals surface area contributed by atoms with Crippen LogP contribution in [0.15, 0.2) is 78.0 Å². The van der Waals surface area contributed by atoms with Gasteiger partial charge in [-0.2, -0.15) is 0 Å². The van der Waals surface area contributed by atoms with E-state index < -0.39 is 22.0 Å². The molecule has 1 aliphatic heterocycles. The standard InChI is InChI=1S/C28H32N2O4S/c1-20(21-10-12-22(13-11-21)23-16-25(35(4)33)18-29-17-23)30-15-14-28(34-26(30)31,19-27(2,3)32)24-8-6-5-7-9-24/h5-13,16-18,20,32H,14-15,19H2,1-4H3/t20-,28-,35?/m0/s1. The highest BCUT2D eigenvalue weighted by Gasteiger charge is 2.46. The van der Waals surface area contributed by atoms with Crippen molar-refractivity contribution < 1.29 is 18.8 Å². The van der Waals surface area contributed by atoms with Gasteiger partial charge in [0.2, 0.25) is 0 Å². The van der Waals surface area contributed by atoms with Gasteiger partial charge in [0.25, 0.3) is 0 Å². The highest BCUT2D eigenvalue weighted by atomic mass is 32.2. The van der Waals surface area contributed by atoms with Crippen LogP contribution in [0, 0.1) is 0 Å². The molecule has 3 atom stereocenters. The lowest BCUT2D eigenvalue weighted by molar-refractivity contribution is -0.101. The number of hydrogen-bond acceptors (Lipinski definition) is 5. The molecule has 1 saturated heterocycles. The third-order valence-electron chi connectivity index (χ3n) is 6.53. The predicted molar refractivity (Wildman–Crippen MR) is 137 cm³/mol. The lowest BCUT2D eigenvalue weighted by atomic mass is 9.80. The minimum absolute atomic E-state index is 0.180. The van der Waals surface area contributed by atoms with Crippen LogP contribution < -0.4 is 0 Å². The van der Waals surface area contributed by atoms with Crippen LogP contribution in [-0.2, 0) is 21.1 Å². The number of amides is 1. The van der Waals surface area contributed by atoms with E-state index >= 15 is 0 Å². The number of pyridine rings is 1. The lowest BCUT2D eigenvalue weighted by Crippen LogP contribution is -2.51. The number of benzene rings is 2. The Morgan fingerprint density at radius 2 is 1.80 bits per heavy atom. The number of hydrogen-bond donors (Lipinski definition) is 1. The van der Waals surface area contributed by atoms with E-state index in [0.717, 1.165) is 22.3 Å². The zero-order chi connectivity index (χ0) is 25.2. The molecule has 1 amide bonds. The average molecular weight is 493 g/mol. The molecule has 1 aromatic heterocycles. The van der Waals surface area contributed by atoms with Gasteiger partial charge in [0.1, 0.15) is 5.60 Å². The third kappa shape index (κ3) is 5.63. The highest BCUT2D eigenvalue weighted by molar-refractivity contribution is 7.84. The molecule has 0 radical (unpaired) electrons. The maximum Gasteiger partial charge on any atom is 0.411 e. The molecule has 7 heteroatoms. The van der Waals surface area contributed by atoms with Gasteiger partial charge in [-0.1, -0.05) is 54.6 Å². The first kappa shape index (κ1) is 25.1. The summed E-state index contributed by atoms with van der Waals surface area (Å²) in [5.74, 6) is 0. The monoisotopic (exact) mass is 492 g/mol. The molecule has 6 nitrogen and oxygen atoms in total. The van der Waals surface area contributed by atoms with E-state index in [4.69, 9.17) is 4.74 Å². The molecular weight excluding hydrogens is 460 g/mol. The minimum Gasteiger partial charge on any atom is -0.438 e. The summed E-state index contributed by atoms with van der Waals surface area (Å²) >= 11 is 0. The van der Waals surface area contributed by atoms with Crippen LogP contribution in [0.4, 0.5) is 4.79 Å². The predicted octanol–water partition coefficient (Wildman–Crippen LogP) is 5.45. The second-order valence-corrected chi connectivity index (χ2v) is 11.2. The van der Waals surface area contributed by atoms with Crippen molar-refractivity contribution in [3.05, 3.63) is 84.2 Å². The Morgan fingerprint density at radius 1 is 1.11 bits per heavy atom. The maximum atomic E-state index is 13.3. The lowest BCUT2D eigenvalue weighted by Gasteiger charge is -2.45. The Balaban J connectivity index is 1.53. The molecular formula is C28H32N2O4S. The Morgan fingerprint density at radius 3 is 2.40 bits per heavy atom. The van der Waals surface area contributed by atoms with Gasteiger partial charge in [-0.3, -0.25) is 9.19 Å². The molecule has 35 heavy (non-hydrogen) atoms. The first-order valence-electron chi connectivity index (χ1n) is 11.7. The van der Waals surface area contributed by atoms with Gasteiger partial charge in [-0.15, -0.1) is 0 Å². The van der Waals surface area contributed by atoms with Gasteiger partial charge in [0.15, 0.2) is 0 Å². The van der Waals surface area contributed by atoms with Crippen LogP contribution in [0.5, 0.6) is 0 Å². The molecule has 184 valence electrons. The van der Waals surface area contributed by atoms with Crippen molar-refractivity contribution in [3.63, 3.8) is 0 Å². The van der Waals surface area contributed by atoms with Crippen molar-refractivity contribution in [3.8, 4) is 11.1 Å². The van der Waals surface area contributed by atoms with Crippen molar-refractivity contribution in [2.75, 3.05) is 12.8 Å². The molecule has 0 spiro atoms. The summed E-state index contributed by atoms with van der Waals surface area (Å²) in [6.07, 6.45) is 5.53. The molecule has 4 rings (SSSR count). The van der Waals surface area contributed by atoms with E-state index in [0.29, 0.717) is 24.3 Å². The number of carbonyl (C=O) groups excluding carboxylic acids is 1. The normalized spacial score (nSPS) is 20.3. The largest absolute Gasteiger partial charge is 0.438 e. The second kappa shape index (κ2) is 9.91. The number of aliphatic hydroxyl groups is 1. The molecule has 1 N–H and O–H groups in total. The van der Waals surface area contributed by atoms with Crippen molar-refractivity contribution >= 4 is 16.9 Å². The van der Waals surface area contributed by atoms with Gasteiger partial charge >= 0.3 is 6.09 Å². The molecule has 1 unspecified atom stereocenters. The van der Waals surface area contributed by atoms with E-state index in [-0.39, 0.29) is 12.1 Å². The Labute approximate surface area is 209 Å². The average Bonchev–Trinajstić information content (AvgIpc) is 2.83. The van der Waals surface area contributed by atoms with Crippen molar-refractivity contribution in [2.24, 2.45) is 0 Å². The van der Waals surface area contributed by atoms with E-state index in [1.807, 2.05) is 67.6 Å². The fraction of sp³-hybridized carbons (Fsp3) is 0.357. The Bertz CT molecular complexity index is 1210. The van der Waals surface area contributed by atoms with Gasteiger partial charge in [0, 0.05) is 43.6 Å². The number of ether oxygens (including phenoxy) is 1. The summed E-state index contributed by atoms with van der Waals surface area (Å²) in [6.45, 7) is 5.99. The van der Waals surface area contributed by atoms with Gasteiger partial charge in [0.05, 0.1) is 27.3 Å². The third-order valence-corrected chi connectivity index (χ3v) is 7.42. The maximum absolute atomic E-state index is 13.3. The fourth-order valence-electron chi connectivity index (χ4n) is 4.76. The summed E-state index contributed by atoms with van der Waals surface area (Å²) in [6, 6.07) is 19.4. The molecule has 0 saturated carbocycles. The summed E-state index contributed by atoms with van der Waals surface area (Å²) in [5, 5.41) is 10.6. The van der Waals surface area contributed by atoms with Crippen molar-refractivity contribution in [1.29, 1.82) is 0 Å². The van der Waals surface area contributed by atoms with Crippen molar-refractivity contribution in [2.45, 2.75) is 55.8 Å². The molecule has 2 heterocycles. The topological polar surface area (TPSA) is 79.7 Å². The van der Waals surface area contributed by atoms with Gasteiger partial charge < -0.3 is 14.7 Å². The van der Waals surface area contributed by atoms with E-state index in [1.165, 1.54) is 0 Å². The van der Waals surface area contributed by atoms with E-state index in [9.17, 15) is 14.1 Å². The van der Waals surface area contributed by atoms with Gasteiger partial charge in [-0.25, -0.2) is 4.79 Å². The Kier molecular flexibility index (Phi) is 7.10. The molecule has 1 fully saturated rings. The number of nitrogens with zero attached hydrogens (tertiary/aromatic N) is 2. The van der Waals surface area contributed by atoms with E-state index in [2.05, 4.69) is 4.98 Å². The van der Waals surface area contributed by atoms with Crippen LogP contribution >= 0.6 is 0 Å². The molecule has 0 aliphatic carbocycles. The first-order chi connectivity index (χ1) is 16.6. The molecule has 2 aromatic carbocycles. The Hall–Kier alpha value is -3.03. The van der Waals surface area contributed by atoms with Crippen LogP contribution in [0.25, 0.3) is 11.1 Å². The summed E-state index contributed by atoms with van der Waals surface area (Å²) < 4.78 is 17.9. The molecule has 0 bridgehead atoms. The summed E-state index contributed by atoms with van der Waals surface area (Å²) in [4.78, 5) is 19.9. The zero-order valence-corrected chi connectivity index (χ0v) is 21.4. The van der Waals surface area contributed by atoms with Crippen LogP contribution in [0.3, 0.4) is 0 Å². The molecule has 1 aliphatic rings. The second-order valence-electron chi connectivity index (χ2n) is 9.82. The number of carbonyl (C=O) groups is 1.